The molecule has 0 bridgehead atoms. The smallest absolute Gasteiger partial charge is 0.338 e. The second kappa shape index (κ2) is 6.54. The van der Waals surface area contributed by atoms with Crippen LogP contribution in [-0.4, -0.2) is 17.1 Å². The number of nitriles is 1. The number of carbonyl (C=O) groups excluding carboxylic acids is 1. The molecule has 21 heavy (non-hydrogen) atoms. The zero-order chi connectivity index (χ0) is 15.2. The number of carbonyl (C=O) groups is 2. The molecule has 2 rings (SSSR count). The average molecular weight is 301 g/mol. The van der Waals surface area contributed by atoms with E-state index in [4.69, 9.17) is 10.4 Å². The molecule has 0 saturated heterocycles. The number of aromatic carboxylic acids is 1. The highest BCUT2D eigenvalue weighted by Gasteiger charge is 2.13. The fraction of sp³-hybridized carbons (Fsp3) is 0.0714. The average Bonchev–Trinajstić information content (AvgIpc) is 2.89. The van der Waals surface area contributed by atoms with E-state index in [0.29, 0.717) is 12.1 Å². The molecule has 0 aliphatic carbocycles. The molecule has 7 heteroatoms. The van der Waals surface area contributed by atoms with Crippen LogP contribution < -0.4 is 10.6 Å². The Balaban J connectivity index is 2.00. The molecule has 0 saturated carbocycles. The van der Waals surface area contributed by atoms with Crippen LogP contribution in [0.2, 0.25) is 0 Å². The lowest BCUT2D eigenvalue weighted by molar-refractivity contribution is 0.0698. The fourth-order valence-corrected chi connectivity index (χ4v) is 2.41. The number of rotatable bonds is 4. The first kappa shape index (κ1) is 14.6. The van der Waals surface area contributed by atoms with Gasteiger partial charge in [-0.2, -0.15) is 5.26 Å². The van der Waals surface area contributed by atoms with Crippen LogP contribution in [0, 0.1) is 11.3 Å². The summed E-state index contributed by atoms with van der Waals surface area (Å²) < 4.78 is 0. The molecule has 0 aliphatic rings. The Morgan fingerprint density at radius 2 is 1.90 bits per heavy atom. The zero-order valence-corrected chi connectivity index (χ0v) is 11.6. The molecule has 3 N–H and O–H groups in total. The Bertz CT molecular complexity index is 701. The van der Waals surface area contributed by atoms with Crippen molar-refractivity contribution in [1.82, 2.24) is 0 Å². The summed E-state index contributed by atoms with van der Waals surface area (Å²) in [7, 11) is 0. The molecule has 0 fully saturated rings. The number of amides is 2. The number of urea groups is 1. The van der Waals surface area contributed by atoms with Gasteiger partial charge in [-0.25, -0.2) is 9.59 Å². The SMILES string of the molecule is N#CCc1ccc(NC(=O)Nc2sccc2C(=O)O)cc1. The summed E-state index contributed by atoms with van der Waals surface area (Å²) >= 11 is 1.14. The van der Waals surface area contributed by atoms with Crippen LogP contribution in [0.3, 0.4) is 0 Å². The third kappa shape index (κ3) is 3.81. The number of benzene rings is 1. The van der Waals surface area contributed by atoms with Crippen molar-refractivity contribution in [3.8, 4) is 6.07 Å². The summed E-state index contributed by atoms with van der Waals surface area (Å²) in [5, 5.41) is 24.5. The summed E-state index contributed by atoms with van der Waals surface area (Å²) in [5.41, 5.74) is 1.47. The second-order valence-corrected chi connectivity index (χ2v) is 5.00. The minimum absolute atomic E-state index is 0.0551. The van der Waals surface area contributed by atoms with E-state index in [1.165, 1.54) is 6.07 Å². The molecule has 0 aliphatic heterocycles. The minimum atomic E-state index is -1.09. The molecule has 6 nitrogen and oxygen atoms in total. The predicted octanol–water partition coefficient (Wildman–Crippen LogP) is 3.16. The fourth-order valence-electron chi connectivity index (χ4n) is 1.64. The lowest BCUT2D eigenvalue weighted by Crippen LogP contribution is -2.20. The lowest BCUT2D eigenvalue weighted by Gasteiger charge is -2.07. The number of thiophene rings is 1. The van der Waals surface area contributed by atoms with Crippen LogP contribution in [0.25, 0.3) is 0 Å². The van der Waals surface area contributed by atoms with Gasteiger partial charge in [-0.1, -0.05) is 12.1 Å². The summed E-state index contributed by atoms with van der Waals surface area (Å²) in [6.45, 7) is 0. The largest absolute Gasteiger partial charge is 0.478 e. The highest BCUT2D eigenvalue weighted by Crippen LogP contribution is 2.23. The third-order valence-electron chi connectivity index (χ3n) is 2.62. The number of anilines is 2. The lowest BCUT2D eigenvalue weighted by atomic mass is 10.1. The molecule has 1 aromatic heterocycles. The quantitative estimate of drug-likeness (QED) is 0.807. The van der Waals surface area contributed by atoms with E-state index in [1.807, 2.05) is 6.07 Å². The zero-order valence-electron chi connectivity index (χ0n) is 10.8. The van der Waals surface area contributed by atoms with E-state index < -0.39 is 12.0 Å². The molecule has 1 aromatic carbocycles. The second-order valence-electron chi connectivity index (χ2n) is 4.08. The predicted molar refractivity (Wildman–Crippen MR) is 79.7 cm³/mol. The van der Waals surface area contributed by atoms with Gasteiger partial charge in [0, 0.05) is 5.69 Å². The van der Waals surface area contributed by atoms with Crippen molar-refractivity contribution in [1.29, 1.82) is 5.26 Å². The van der Waals surface area contributed by atoms with Crippen molar-refractivity contribution >= 4 is 34.0 Å². The molecule has 2 amide bonds. The van der Waals surface area contributed by atoms with Crippen LogP contribution in [0.4, 0.5) is 15.5 Å². The summed E-state index contributed by atoms with van der Waals surface area (Å²) in [6.07, 6.45) is 0.309. The summed E-state index contributed by atoms with van der Waals surface area (Å²) in [6, 6.07) is 9.79. The van der Waals surface area contributed by atoms with Crippen LogP contribution in [-0.2, 0) is 6.42 Å². The molecular weight excluding hydrogens is 290 g/mol. The van der Waals surface area contributed by atoms with Gasteiger partial charge in [0.05, 0.1) is 18.1 Å². The Morgan fingerprint density at radius 1 is 1.19 bits per heavy atom. The van der Waals surface area contributed by atoms with Gasteiger partial charge in [0.1, 0.15) is 5.00 Å². The maximum atomic E-state index is 11.8. The number of hydrogen-bond acceptors (Lipinski definition) is 4. The maximum absolute atomic E-state index is 11.8. The number of nitrogens with one attached hydrogen (secondary N) is 2. The van der Waals surface area contributed by atoms with E-state index in [-0.39, 0.29) is 10.6 Å². The van der Waals surface area contributed by atoms with Gasteiger partial charge in [-0.3, -0.25) is 5.32 Å². The van der Waals surface area contributed by atoms with Gasteiger partial charge in [0.2, 0.25) is 0 Å². The van der Waals surface area contributed by atoms with E-state index in [0.717, 1.165) is 16.9 Å². The number of carboxylic acid groups (broad SMARTS) is 1. The van der Waals surface area contributed by atoms with Crippen LogP contribution in [0.1, 0.15) is 15.9 Å². The molecular formula is C14H11N3O3S. The van der Waals surface area contributed by atoms with Crippen molar-refractivity contribution in [2.24, 2.45) is 0 Å². The van der Waals surface area contributed by atoms with Gasteiger partial charge < -0.3 is 10.4 Å². The van der Waals surface area contributed by atoms with Gasteiger partial charge in [-0.05, 0) is 29.1 Å². The van der Waals surface area contributed by atoms with Crippen molar-refractivity contribution in [3.63, 3.8) is 0 Å². The van der Waals surface area contributed by atoms with Crippen molar-refractivity contribution in [2.75, 3.05) is 10.6 Å². The molecule has 0 atom stereocenters. The van der Waals surface area contributed by atoms with Crippen molar-refractivity contribution in [3.05, 3.63) is 46.8 Å². The monoisotopic (exact) mass is 301 g/mol. The van der Waals surface area contributed by atoms with Gasteiger partial charge >= 0.3 is 12.0 Å². The first-order valence-electron chi connectivity index (χ1n) is 5.95. The molecule has 106 valence electrons. The van der Waals surface area contributed by atoms with E-state index in [1.54, 1.807) is 29.6 Å². The highest BCUT2D eigenvalue weighted by molar-refractivity contribution is 7.14. The van der Waals surface area contributed by atoms with Crippen molar-refractivity contribution in [2.45, 2.75) is 6.42 Å². The van der Waals surface area contributed by atoms with Crippen molar-refractivity contribution < 1.29 is 14.7 Å². The summed E-state index contributed by atoms with van der Waals surface area (Å²) in [5.74, 6) is -1.09. The topological polar surface area (TPSA) is 102 Å². The molecule has 0 spiro atoms. The molecule has 0 unspecified atom stereocenters. The molecule has 0 radical (unpaired) electrons. The van der Waals surface area contributed by atoms with Gasteiger partial charge in [0.25, 0.3) is 0 Å². The number of hydrogen-bond donors (Lipinski definition) is 3. The van der Waals surface area contributed by atoms with Crippen LogP contribution in [0.5, 0.6) is 0 Å². The Labute approximate surface area is 124 Å². The molecule has 2 aromatic rings. The highest BCUT2D eigenvalue weighted by atomic mass is 32.1. The third-order valence-corrected chi connectivity index (χ3v) is 3.45. The Kier molecular flexibility index (Phi) is 4.53. The molecule has 1 heterocycles. The normalized spacial score (nSPS) is 9.67. The van der Waals surface area contributed by atoms with E-state index >= 15 is 0 Å². The van der Waals surface area contributed by atoms with Gasteiger partial charge in [-0.15, -0.1) is 11.3 Å². The van der Waals surface area contributed by atoms with E-state index in [9.17, 15) is 9.59 Å². The Hall–Kier alpha value is -2.85. The number of carboxylic acids is 1. The Morgan fingerprint density at radius 3 is 2.52 bits per heavy atom. The standard InChI is InChI=1S/C14H11N3O3S/c15-7-5-9-1-3-10(4-2-9)16-14(20)17-12-11(13(18)19)6-8-21-12/h1-4,6,8H,5H2,(H,18,19)(H2,16,17,20). The summed E-state index contributed by atoms with van der Waals surface area (Å²) in [4.78, 5) is 22.7. The van der Waals surface area contributed by atoms with Crippen LogP contribution in [0.15, 0.2) is 35.7 Å². The van der Waals surface area contributed by atoms with Gasteiger partial charge in [0.15, 0.2) is 0 Å². The minimum Gasteiger partial charge on any atom is -0.478 e. The maximum Gasteiger partial charge on any atom is 0.338 e. The number of nitrogens with zero attached hydrogens (tertiary/aromatic N) is 1. The van der Waals surface area contributed by atoms with E-state index in [2.05, 4.69) is 10.6 Å². The first-order chi connectivity index (χ1) is 10.1. The first-order valence-corrected chi connectivity index (χ1v) is 6.83. The van der Waals surface area contributed by atoms with Crippen LogP contribution >= 0.6 is 11.3 Å².